The standard InChI is InChI=1S/C15H17N5O2/c1-11-17-10-12(14(21)18-11)15(22)20-8-6-19(7-9-20)13-4-2-3-5-16-13/h2-5,10H,6-9H2,1H3,(H,17,18,21). The Kier molecular flexibility index (Phi) is 3.86. The zero-order valence-corrected chi connectivity index (χ0v) is 12.3. The van der Waals surface area contributed by atoms with E-state index >= 15 is 0 Å². The molecule has 2 aromatic heterocycles. The van der Waals surface area contributed by atoms with E-state index in [0.29, 0.717) is 32.0 Å². The summed E-state index contributed by atoms with van der Waals surface area (Å²) in [5.74, 6) is 1.14. The summed E-state index contributed by atoms with van der Waals surface area (Å²) in [5.41, 5.74) is -0.290. The number of pyridine rings is 1. The Labute approximate surface area is 127 Å². The molecule has 7 heteroatoms. The molecule has 1 saturated heterocycles. The Hall–Kier alpha value is -2.70. The molecule has 0 bridgehead atoms. The quantitative estimate of drug-likeness (QED) is 0.870. The van der Waals surface area contributed by atoms with Crippen LogP contribution in [0.5, 0.6) is 0 Å². The lowest BCUT2D eigenvalue weighted by Crippen LogP contribution is -2.49. The number of carbonyl (C=O) groups is 1. The molecule has 3 rings (SSSR count). The van der Waals surface area contributed by atoms with Crippen LogP contribution in [-0.2, 0) is 0 Å². The van der Waals surface area contributed by atoms with Gasteiger partial charge in [-0.3, -0.25) is 9.59 Å². The van der Waals surface area contributed by atoms with Crippen LogP contribution in [0.4, 0.5) is 5.82 Å². The molecule has 1 amide bonds. The number of aromatic nitrogens is 3. The molecule has 0 saturated carbocycles. The number of carbonyl (C=O) groups excluding carboxylic acids is 1. The van der Waals surface area contributed by atoms with Crippen LogP contribution in [0.25, 0.3) is 0 Å². The number of rotatable bonds is 2. The van der Waals surface area contributed by atoms with E-state index in [1.807, 2.05) is 18.2 Å². The largest absolute Gasteiger partial charge is 0.353 e. The van der Waals surface area contributed by atoms with E-state index in [0.717, 1.165) is 5.82 Å². The molecule has 22 heavy (non-hydrogen) atoms. The molecule has 1 aliphatic rings. The second kappa shape index (κ2) is 5.97. The van der Waals surface area contributed by atoms with Gasteiger partial charge in [0, 0.05) is 38.6 Å². The Morgan fingerprint density at radius 3 is 2.59 bits per heavy atom. The van der Waals surface area contributed by atoms with Gasteiger partial charge in [0.15, 0.2) is 0 Å². The van der Waals surface area contributed by atoms with E-state index in [1.54, 1.807) is 18.0 Å². The summed E-state index contributed by atoms with van der Waals surface area (Å²) in [6, 6.07) is 5.77. The molecule has 1 aliphatic heterocycles. The summed E-state index contributed by atoms with van der Waals surface area (Å²) in [7, 11) is 0. The van der Waals surface area contributed by atoms with Gasteiger partial charge in [0.2, 0.25) is 0 Å². The summed E-state index contributed by atoms with van der Waals surface area (Å²) in [5, 5.41) is 0. The highest BCUT2D eigenvalue weighted by atomic mass is 16.2. The van der Waals surface area contributed by atoms with Gasteiger partial charge in [-0.2, -0.15) is 0 Å². The zero-order valence-electron chi connectivity index (χ0n) is 12.3. The Balaban J connectivity index is 1.68. The predicted octanol–water partition coefficient (Wildman–Crippen LogP) is 0.436. The second-order valence-electron chi connectivity index (χ2n) is 5.18. The fourth-order valence-electron chi connectivity index (χ4n) is 2.49. The number of nitrogens with one attached hydrogen (secondary N) is 1. The zero-order chi connectivity index (χ0) is 15.5. The number of aryl methyl sites for hydroxylation is 1. The van der Waals surface area contributed by atoms with Crippen molar-refractivity contribution in [2.75, 3.05) is 31.1 Å². The van der Waals surface area contributed by atoms with Crippen LogP contribution in [0.2, 0.25) is 0 Å². The molecule has 3 heterocycles. The van der Waals surface area contributed by atoms with Crippen molar-refractivity contribution < 1.29 is 4.79 Å². The first-order valence-electron chi connectivity index (χ1n) is 7.16. The summed E-state index contributed by atoms with van der Waals surface area (Å²) in [6.45, 7) is 4.19. The summed E-state index contributed by atoms with van der Waals surface area (Å²) in [4.78, 5) is 38.9. The van der Waals surface area contributed by atoms with Crippen LogP contribution in [0.15, 0.2) is 35.4 Å². The monoisotopic (exact) mass is 299 g/mol. The smallest absolute Gasteiger partial charge is 0.263 e. The van der Waals surface area contributed by atoms with Crippen molar-refractivity contribution >= 4 is 11.7 Å². The Morgan fingerprint density at radius 2 is 1.95 bits per heavy atom. The average Bonchev–Trinajstić information content (AvgIpc) is 2.55. The minimum Gasteiger partial charge on any atom is -0.353 e. The molecule has 114 valence electrons. The first kappa shape index (κ1) is 14.2. The highest BCUT2D eigenvalue weighted by Crippen LogP contribution is 2.13. The molecule has 0 spiro atoms. The first-order chi connectivity index (χ1) is 10.6. The molecular weight excluding hydrogens is 282 g/mol. The molecular formula is C15H17N5O2. The van der Waals surface area contributed by atoms with Gasteiger partial charge in [0.25, 0.3) is 11.5 Å². The van der Waals surface area contributed by atoms with E-state index in [1.165, 1.54) is 6.20 Å². The maximum atomic E-state index is 12.4. The summed E-state index contributed by atoms with van der Waals surface area (Å²) < 4.78 is 0. The third kappa shape index (κ3) is 2.83. The molecule has 1 N–H and O–H groups in total. The van der Waals surface area contributed by atoms with Crippen molar-refractivity contribution in [3.05, 3.63) is 52.3 Å². The van der Waals surface area contributed by atoms with E-state index in [2.05, 4.69) is 19.9 Å². The number of H-pyrrole nitrogens is 1. The van der Waals surface area contributed by atoms with Gasteiger partial charge in [0.1, 0.15) is 17.2 Å². The SMILES string of the molecule is Cc1ncc(C(=O)N2CCN(c3ccccn3)CC2)c(=O)[nH]1. The van der Waals surface area contributed by atoms with Gasteiger partial charge >= 0.3 is 0 Å². The third-order valence-electron chi connectivity index (χ3n) is 3.70. The van der Waals surface area contributed by atoms with Crippen LogP contribution in [0.1, 0.15) is 16.2 Å². The first-order valence-corrected chi connectivity index (χ1v) is 7.16. The van der Waals surface area contributed by atoms with E-state index < -0.39 is 0 Å². The van der Waals surface area contributed by atoms with Gasteiger partial charge in [-0.25, -0.2) is 9.97 Å². The minimum atomic E-state index is -0.385. The van der Waals surface area contributed by atoms with Crippen molar-refractivity contribution in [3.8, 4) is 0 Å². The van der Waals surface area contributed by atoms with Crippen molar-refractivity contribution in [3.63, 3.8) is 0 Å². The van der Waals surface area contributed by atoms with E-state index in [-0.39, 0.29) is 17.0 Å². The van der Waals surface area contributed by atoms with E-state index in [4.69, 9.17) is 0 Å². The fraction of sp³-hybridized carbons (Fsp3) is 0.333. The number of piperazine rings is 1. The minimum absolute atomic E-state index is 0.0943. The van der Waals surface area contributed by atoms with E-state index in [9.17, 15) is 9.59 Å². The molecule has 0 aliphatic carbocycles. The maximum Gasteiger partial charge on any atom is 0.263 e. The number of amides is 1. The lowest BCUT2D eigenvalue weighted by molar-refractivity contribution is 0.0744. The van der Waals surface area contributed by atoms with Crippen molar-refractivity contribution in [2.45, 2.75) is 6.92 Å². The molecule has 1 fully saturated rings. The molecule has 7 nitrogen and oxygen atoms in total. The van der Waals surface area contributed by atoms with Crippen LogP contribution in [0.3, 0.4) is 0 Å². The lowest BCUT2D eigenvalue weighted by Gasteiger charge is -2.35. The maximum absolute atomic E-state index is 12.4. The summed E-state index contributed by atoms with van der Waals surface area (Å²) >= 11 is 0. The van der Waals surface area contributed by atoms with Gasteiger partial charge in [-0.15, -0.1) is 0 Å². The Morgan fingerprint density at radius 1 is 1.18 bits per heavy atom. The van der Waals surface area contributed by atoms with Crippen molar-refractivity contribution in [2.24, 2.45) is 0 Å². The lowest BCUT2D eigenvalue weighted by atomic mass is 10.2. The molecule has 0 atom stereocenters. The molecule has 0 aromatic carbocycles. The van der Waals surface area contributed by atoms with Crippen LogP contribution in [-0.4, -0.2) is 51.9 Å². The van der Waals surface area contributed by atoms with Crippen molar-refractivity contribution in [1.82, 2.24) is 19.9 Å². The van der Waals surface area contributed by atoms with Crippen LogP contribution < -0.4 is 10.5 Å². The van der Waals surface area contributed by atoms with Crippen molar-refractivity contribution in [1.29, 1.82) is 0 Å². The number of anilines is 1. The average molecular weight is 299 g/mol. The van der Waals surface area contributed by atoms with Gasteiger partial charge in [0.05, 0.1) is 0 Å². The van der Waals surface area contributed by atoms with Crippen LogP contribution >= 0.6 is 0 Å². The van der Waals surface area contributed by atoms with Gasteiger partial charge in [-0.05, 0) is 19.1 Å². The predicted molar refractivity (Wildman–Crippen MR) is 81.9 cm³/mol. The number of hydrogen-bond donors (Lipinski definition) is 1. The molecule has 0 unspecified atom stereocenters. The highest BCUT2D eigenvalue weighted by molar-refractivity contribution is 5.93. The molecule has 2 aromatic rings. The van der Waals surface area contributed by atoms with Crippen LogP contribution in [0, 0.1) is 6.92 Å². The van der Waals surface area contributed by atoms with Gasteiger partial charge < -0.3 is 14.8 Å². The number of nitrogens with zero attached hydrogens (tertiary/aromatic N) is 4. The number of aromatic amines is 1. The second-order valence-corrected chi connectivity index (χ2v) is 5.18. The summed E-state index contributed by atoms with van der Waals surface area (Å²) in [6.07, 6.45) is 3.10. The number of hydrogen-bond acceptors (Lipinski definition) is 5. The highest BCUT2D eigenvalue weighted by Gasteiger charge is 2.24. The fourth-order valence-corrected chi connectivity index (χ4v) is 2.49. The Bertz CT molecular complexity index is 720. The van der Waals surface area contributed by atoms with Gasteiger partial charge in [-0.1, -0.05) is 6.07 Å². The normalized spacial score (nSPS) is 15.0. The molecule has 0 radical (unpaired) electrons. The topological polar surface area (TPSA) is 82.2 Å². The third-order valence-corrected chi connectivity index (χ3v) is 3.70.